The van der Waals surface area contributed by atoms with E-state index in [0.717, 1.165) is 12.0 Å². The lowest BCUT2D eigenvalue weighted by Gasteiger charge is -2.13. The Balaban J connectivity index is 1.65. The average Bonchev–Trinajstić information content (AvgIpc) is 3.16. The zero-order valence-corrected chi connectivity index (χ0v) is 15.3. The lowest BCUT2D eigenvalue weighted by Crippen LogP contribution is -2.30. The van der Waals surface area contributed by atoms with Crippen molar-refractivity contribution in [2.24, 2.45) is 0 Å². The number of rotatable bonds is 6. The summed E-state index contributed by atoms with van der Waals surface area (Å²) in [5.41, 5.74) is 0.826. The molecule has 2 heterocycles. The minimum Gasteiger partial charge on any atom is -0.466 e. The summed E-state index contributed by atoms with van der Waals surface area (Å²) >= 11 is 6.48. The van der Waals surface area contributed by atoms with Gasteiger partial charge in [0.1, 0.15) is 4.32 Å². The molecule has 3 rings (SSSR count). The highest BCUT2D eigenvalue weighted by molar-refractivity contribution is 8.26. The minimum atomic E-state index is -0.323. The summed E-state index contributed by atoms with van der Waals surface area (Å²) in [5.74, 6) is 0.824. The first kappa shape index (κ1) is 17.8. The van der Waals surface area contributed by atoms with Crippen molar-refractivity contribution < 1.29 is 23.8 Å². The number of thioether (sulfide) groups is 1. The van der Waals surface area contributed by atoms with Crippen LogP contribution in [0.5, 0.6) is 11.5 Å². The fourth-order valence-corrected chi connectivity index (χ4v) is 3.65. The standard InChI is InChI=1S/C17H17NO5S2/c1-2-7-21-15(19)5-6-18-16(20)14(25-17(18)24)9-11-3-4-12-13(8-11)23-10-22-12/h3-4,8-9H,2,5-7,10H2,1H3/b14-9+. The van der Waals surface area contributed by atoms with Crippen LogP contribution in [0, 0.1) is 0 Å². The van der Waals surface area contributed by atoms with E-state index in [1.165, 1.54) is 16.7 Å². The van der Waals surface area contributed by atoms with E-state index in [2.05, 4.69) is 0 Å². The molecule has 1 fully saturated rings. The van der Waals surface area contributed by atoms with Crippen molar-refractivity contribution >= 4 is 46.3 Å². The van der Waals surface area contributed by atoms with Gasteiger partial charge < -0.3 is 14.2 Å². The van der Waals surface area contributed by atoms with Crippen LogP contribution in [-0.4, -0.2) is 41.0 Å². The van der Waals surface area contributed by atoms with E-state index in [4.69, 9.17) is 26.4 Å². The molecule has 0 N–H and O–H groups in total. The van der Waals surface area contributed by atoms with Gasteiger partial charge in [0.25, 0.3) is 5.91 Å². The summed E-state index contributed by atoms with van der Waals surface area (Å²) in [7, 11) is 0. The molecule has 8 heteroatoms. The number of hydrogen-bond acceptors (Lipinski definition) is 7. The molecule has 0 radical (unpaired) electrons. The third-order valence-electron chi connectivity index (χ3n) is 3.57. The van der Waals surface area contributed by atoms with Crippen LogP contribution < -0.4 is 9.47 Å². The van der Waals surface area contributed by atoms with Gasteiger partial charge in [0.15, 0.2) is 11.5 Å². The highest BCUT2D eigenvalue weighted by Gasteiger charge is 2.32. The molecule has 0 spiro atoms. The van der Waals surface area contributed by atoms with Gasteiger partial charge in [0.2, 0.25) is 6.79 Å². The lowest BCUT2D eigenvalue weighted by atomic mass is 10.2. The molecule has 0 unspecified atom stereocenters. The highest BCUT2D eigenvalue weighted by atomic mass is 32.2. The van der Waals surface area contributed by atoms with Crippen LogP contribution in [0.25, 0.3) is 6.08 Å². The maximum atomic E-state index is 12.5. The van der Waals surface area contributed by atoms with Crippen LogP contribution in [0.4, 0.5) is 0 Å². The molecule has 132 valence electrons. The number of nitrogens with zero attached hydrogens (tertiary/aromatic N) is 1. The van der Waals surface area contributed by atoms with Crippen molar-refractivity contribution in [3.63, 3.8) is 0 Å². The van der Waals surface area contributed by atoms with Crippen LogP contribution >= 0.6 is 24.0 Å². The molecule has 1 aromatic carbocycles. The predicted molar refractivity (Wildman–Crippen MR) is 98.3 cm³/mol. The van der Waals surface area contributed by atoms with E-state index in [-0.39, 0.29) is 31.6 Å². The fraction of sp³-hybridized carbons (Fsp3) is 0.353. The summed E-state index contributed by atoms with van der Waals surface area (Å²) in [6.45, 7) is 2.75. The number of carbonyl (C=O) groups is 2. The number of carbonyl (C=O) groups excluding carboxylic acids is 2. The number of benzene rings is 1. The van der Waals surface area contributed by atoms with Crippen molar-refractivity contribution in [3.05, 3.63) is 28.7 Å². The number of thiocarbonyl (C=S) groups is 1. The van der Waals surface area contributed by atoms with Gasteiger partial charge >= 0.3 is 5.97 Å². The molecule has 0 saturated carbocycles. The normalized spacial score (nSPS) is 17.5. The van der Waals surface area contributed by atoms with Crippen LogP contribution in [0.1, 0.15) is 25.3 Å². The molecule has 0 aromatic heterocycles. The van der Waals surface area contributed by atoms with Gasteiger partial charge in [-0.2, -0.15) is 0 Å². The Bertz CT molecular complexity index is 747. The molecule has 0 aliphatic carbocycles. The summed E-state index contributed by atoms with van der Waals surface area (Å²) < 4.78 is 16.1. The van der Waals surface area contributed by atoms with Gasteiger partial charge in [-0.15, -0.1) is 0 Å². The molecule has 25 heavy (non-hydrogen) atoms. The molecule has 6 nitrogen and oxygen atoms in total. The lowest BCUT2D eigenvalue weighted by molar-refractivity contribution is -0.143. The first-order valence-corrected chi connectivity index (χ1v) is 9.11. The quantitative estimate of drug-likeness (QED) is 0.428. The number of amides is 1. The van der Waals surface area contributed by atoms with E-state index >= 15 is 0 Å². The average molecular weight is 379 g/mol. The molecular weight excluding hydrogens is 362 g/mol. The first-order chi connectivity index (χ1) is 12.1. The first-order valence-electron chi connectivity index (χ1n) is 7.89. The van der Waals surface area contributed by atoms with Crippen LogP contribution in [-0.2, 0) is 14.3 Å². The number of fused-ring (bicyclic) bond motifs is 1. The zero-order valence-electron chi connectivity index (χ0n) is 13.6. The fourth-order valence-electron chi connectivity index (χ4n) is 2.34. The van der Waals surface area contributed by atoms with Crippen molar-refractivity contribution in [1.29, 1.82) is 0 Å². The Morgan fingerprint density at radius 3 is 3.00 bits per heavy atom. The highest BCUT2D eigenvalue weighted by Crippen LogP contribution is 2.36. The van der Waals surface area contributed by atoms with E-state index in [1.807, 2.05) is 19.1 Å². The van der Waals surface area contributed by atoms with E-state index in [0.29, 0.717) is 27.3 Å². The van der Waals surface area contributed by atoms with E-state index in [9.17, 15) is 9.59 Å². The molecule has 2 aliphatic rings. The number of ether oxygens (including phenoxy) is 3. The second-order valence-electron chi connectivity index (χ2n) is 5.42. The van der Waals surface area contributed by atoms with Crippen molar-refractivity contribution in [3.8, 4) is 11.5 Å². The van der Waals surface area contributed by atoms with Gasteiger partial charge in [-0.1, -0.05) is 37.0 Å². The smallest absolute Gasteiger partial charge is 0.307 e. The Hall–Kier alpha value is -2.06. The Morgan fingerprint density at radius 1 is 1.40 bits per heavy atom. The Kier molecular flexibility index (Phi) is 5.60. The molecule has 1 saturated heterocycles. The van der Waals surface area contributed by atoms with E-state index < -0.39 is 0 Å². The maximum Gasteiger partial charge on any atom is 0.307 e. The molecule has 2 aliphatic heterocycles. The number of esters is 1. The van der Waals surface area contributed by atoms with Crippen LogP contribution in [0.2, 0.25) is 0 Å². The van der Waals surface area contributed by atoms with Crippen molar-refractivity contribution in [1.82, 2.24) is 4.90 Å². The van der Waals surface area contributed by atoms with Crippen LogP contribution in [0.15, 0.2) is 23.1 Å². The molecule has 0 atom stereocenters. The van der Waals surface area contributed by atoms with Gasteiger partial charge in [0, 0.05) is 6.54 Å². The van der Waals surface area contributed by atoms with Crippen molar-refractivity contribution in [2.45, 2.75) is 19.8 Å². The van der Waals surface area contributed by atoms with Gasteiger partial charge in [0.05, 0.1) is 17.9 Å². The minimum absolute atomic E-state index is 0.129. The molecule has 0 bridgehead atoms. The largest absolute Gasteiger partial charge is 0.466 e. The summed E-state index contributed by atoms with van der Waals surface area (Å²) in [6.07, 6.45) is 2.66. The predicted octanol–water partition coefficient (Wildman–Crippen LogP) is 2.96. The molecule has 1 amide bonds. The SMILES string of the molecule is CCCOC(=O)CCN1C(=O)/C(=C\c2ccc3c(c2)OCO3)SC1=S. The second kappa shape index (κ2) is 7.88. The second-order valence-corrected chi connectivity index (χ2v) is 7.09. The summed E-state index contributed by atoms with van der Waals surface area (Å²) in [4.78, 5) is 26.1. The molecule has 1 aromatic rings. The summed E-state index contributed by atoms with van der Waals surface area (Å²) in [6, 6.07) is 5.47. The number of hydrogen-bond donors (Lipinski definition) is 0. The van der Waals surface area contributed by atoms with Gasteiger partial charge in [-0.3, -0.25) is 14.5 Å². The van der Waals surface area contributed by atoms with Crippen molar-refractivity contribution in [2.75, 3.05) is 19.9 Å². The van der Waals surface area contributed by atoms with Crippen LogP contribution in [0.3, 0.4) is 0 Å². The Morgan fingerprint density at radius 2 is 2.20 bits per heavy atom. The van der Waals surface area contributed by atoms with Gasteiger partial charge in [-0.05, 0) is 30.2 Å². The third kappa shape index (κ3) is 4.13. The monoisotopic (exact) mass is 379 g/mol. The van der Waals surface area contributed by atoms with E-state index in [1.54, 1.807) is 12.1 Å². The zero-order chi connectivity index (χ0) is 17.8. The third-order valence-corrected chi connectivity index (χ3v) is 4.95. The topological polar surface area (TPSA) is 65.1 Å². The summed E-state index contributed by atoms with van der Waals surface area (Å²) in [5, 5.41) is 0. The maximum absolute atomic E-state index is 12.5. The molecular formula is C17H17NO5S2. The Labute approximate surface area is 155 Å². The van der Waals surface area contributed by atoms with Gasteiger partial charge in [-0.25, -0.2) is 0 Å².